The number of carbonyl (C=O) groups is 1. The van der Waals surface area contributed by atoms with E-state index in [2.05, 4.69) is 26.4 Å². The molecule has 1 aliphatic rings. The number of hydrazine groups is 2. The zero-order chi connectivity index (χ0) is 20.4. The number of carbonyl (C=O) groups excluding carboxylic acids is 1. The number of amides is 1. The molecular weight excluding hydrogens is 399 g/mol. The number of hydrogen-bond acceptors (Lipinski definition) is 6. The van der Waals surface area contributed by atoms with Gasteiger partial charge in [-0.2, -0.15) is 23.4 Å². The van der Waals surface area contributed by atoms with Crippen molar-refractivity contribution in [1.29, 1.82) is 0 Å². The molecule has 0 bridgehead atoms. The van der Waals surface area contributed by atoms with Gasteiger partial charge in [-0.25, -0.2) is 19.3 Å². The van der Waals surface area contributed by atoms with Gasteiger partial charge in [-0.05, 0) is 30.3 Å². The fourth-order valence-corrected chi connectivity index (χ4v) is 3.69. The average Bonchev–Trinajstić information content (AvgIpc) is 3.09. The molecular formula is C16H16F3N5O3S. The number of anilines is 1. The number of hydrogen-bond donors (Lipinski definition) is 5. The van der Waals surface area contributed by atoms with Gasteiger partial charge in [0.2, 0.25) is 15.9 Å². The molecule has 12 heteroatoms. The van der Waals surface area contributed by atoms with Crippen LogP contribution in [0.15, 0.2) is 59.5 Å². The maximum atomic E-state index is 12.8. The fraction of sp³-hybridized carbons (Fsp3) is 0.188. The van der Waals surface area contributed by atoms with Crippen molar-refractivity contribution in [3.8, 4) is 0 Å². The maximum Gasteiger partial charge on any atom is 0.416 e. The normalized spacial score (nSPS) is 20.1. The standard InChI is InChI=1S/C16H16F3N5O3S/c17-16(18,19)10-5-4-6-11(9-10)20-15(25)13-14(22-24-21-13)23-28(26,27)12-7-2-1-3-8-12/h1-9,13-14,21-24H,(H,20,25). The van der Waals surface area contributed by atoms with Crippen LogP contribution in [0.2, 0.25) is 0 Å². The Hall–Kier alpha value is -2.51. The summed E-state index contributed by atoms with van der Waals surface area (Å²) in [5.41, 5.74) is 6.51. The van der Waals surface area contributed by atoms with E-state index in [4.69, 9.17) is 0 Å². The molecule has 0 radical (unpaired) electrons. The van der Waals surface area contributed by atoms with Gasteiger partial charge < -0.3 is 5.32 Å². The first-order chi connectivity index (χ1) is 13.2. The number of rotatable bonds is 5. The van der Waals surface area contributed by atoms with Gasteiger partial charge in [-0.3, -0.25) is 4.79 Å². The zero-order valence-electron chi connectivity index (χ0n) is 14.1. The highest BCUT2D eigenvalue weighted by molar-refractivity contribution is 7.89. The Balaban J connectivity index is 1.72. The van der Waals surface area contributed by atoms with E-state index in [1.807, 2.05) is 0 Å². The van der Waals surface area contributed by atoms with Gasteiger partial charge in [0.1, 0.15) is 12.2 Å². The van der Waals surface area contributed by atoms with Crippen molar-refractivity contribution in [1.82, 2.24) is 21.1 Å². The van der Waals surface area contributed by atoms with Gasteiger partial charge in [-0.15, -0.1) is 0 Å². The molecule has 3 rings (SSSR count). The van der Waals surface area contributed by atoms with Crippen molar-refractivity contribution in [3.05, 3.63) is 60.2 Å². The molecule has 0 saturated carbocycles. The molecule has 2 aromatic carbocycles. The van der Waals surface area contributed by atoms with E-state index >= 15 is 0 Å². The molecule has 8 nitrogen and oxygen atoms in total. The van der Waals surface area contributed by atoms with Crippen LogP contribution in [-0.4, -0.2) is 26.5 Å². The van der Waals surface area contributed by atoms with Gasteiger partial charge in [0.05, 0.1) is 10.5 Å². The minimum atomic E-state index is -4.55. The molecule has 1 saturated heterocycles. The third kappa shape index (κ3) is 4.66. The molecule has 28 heavy (non-hydrogen) atoms. The maximum absolute atomic E-state index is 12.8. The topological polar surface area (TPSA) is 111 Å². The van der Waals surface area contributed by atoms with Crippen molar-refractivity contribution in [3.63, 3.8) is 0 Å². The average molecular weight is 415 g/mol. The predicted molar refractivity (Wildman–Crippen MR) is 93.8 cm³/mol. The minimum Gasteiger partial charge on any atom is -0.325 e. The second-order valence-electron chi connectivity index (χ2n) is 5.87. The van der Waals surface area contributed by atoms with E-state index in [0.717, 1.165) is 18.2 Å². The summed E-state index contributed by atoms with van der Waals surface area (Å²) in [7, 11) is -3.93. The lowest BCUT2D eigenvalue weighted by molar-refractivity contribution is -0.137. The van der Waals surface area contributed by atoms with Crippen LogP contribution in [0.1, 0.15) is 5.56 Å². The number of alkyl halides is 3. The highest BCUT2D eigenvalue weighted by atomic mass is 32.2. The van der Waals surface area contributed by atoms with Crippen molar-refractivity contribution in [2.24, 2.45) is 0 Å². The fourth-order valence-electron chi connectivity index (χ4n) is 2.51. The van der Waals surface area contributed by atoms with Gasteiger partial charge >= 0.3 is 6.18 Å². The molecule has 2 unspecified atom stereocenters. The van der Waals surface area contributed by atoms with Crippen molar-refractivity contribution < 1.29 is 26.4 Å². The van der Waals surface area contributed by atoms with Crippen LogP contribution in [0.5, 0.6) is 0 Å². The van der Waals surface area contributed by atoms with E-state index in [1.54, 1.807) is 18.2 Å². The van der Waals surface area contributed by atoms with Crippen LogP contribution in [0, 0.1) is 0 Å². The summed E-state index contributed by atoms with van der Waals surface area (Å²) in [5, 5.41) is 2.34. The lowest BCUT2D eigenvalue weighted by Crippen LogP contribution is -2.53. The highest BCUT2D eigenvalue weighted by Gasteiger charge is 2.36. The Morgan fingerprint density at radius 3 is 2.39 bits per heavy atom. The van der Waals surface area contributed by atoms with E-state index in [0.29, 0.717) is 0 Å². The summed E-state index contributed by atoms with van der Waals surface area (Å²) < 4.78 is 65.5. The summed E-state index contributed by atoms with van der Waals surface area (Å²) in [5.74, 6) is -0.738. The van der Waals surface area contributed by atoms with Crippen LogP contribution in [0.25, 0.3) is 0 Å². The summed E-state index contributed by atoms with van der Waals surface area (Å²) in [6.07, 6.45) is -5.64. The van der Waals surface area contributed by atoms with Crippen molar-refractivity contribution in [2.75, 3.05) is 5.32 Å². The Kier molecular flexibility index (Phi) is 5.67. The Bertz CT molecular complexity index is 953. The highest BCUT2D eigenvalue weighted by Crippen LogP contribution is 2.30. The molecule has 5 N–H and O–H groups in total. The number of sulfonamides is 1. The molecule has 0 aliphatic carbocycles. The third-order valence-corrected chi connectivity index (χ3v) is 5.32. The van der Waals surface area contributed by atoms with Gasteiger partial charge in [0.15, 0.2) is 0 Å². The predicted octanol–water partition coefficient (Wildman–Crippen LogP) is 0.929. The molecule has 2 aromatic rings. The van der Waals surface area contributed by atoms with E-state index < -0.39 is 39.9 Å². The number of halogens is 3. The summed E-state index contributed by atoms with van der Waals surface area (Å²) in [6, 6.07) is 10.5. The number of benzene rings is 2. The summed E-state index contributed by atoms with van der Waals surface area (Å²) in [4.78, 5) is 12.4. The zero-order valence-corrected chi connectivity index (χ0v) is 14.9. The van der Waals surface area contributed by atoms with E-state index in [9.17, 15) is 26.4 Å². The number of nitrogens with one attached hydrogen (secondary N) is 5. The Morgan fingerprint density at radius 1 is 1.00 bits per heavy atom. The molecule has 0 aromatic heterocycles. The molecule has 1 fully saturated rings. The van der Waals surface area contributed by atoms with E-state index in [-0.39, 0.29) is 10.6 Å². The molecule has 0 spiro atoms. The second kappa shape index (κ2) is 7.85. The largest absolute Gasteiger partial charge is 0.416 e. The van der Waals surface area contributed by atoms with Crippen LogP contribution < -0.4 is 26.4 Å². The van der Waals surface area contributed by atoms with Crippen molar-refractivity contribution >= 4 is 21.6 Å². The Morgan fingerprint density at radius 2 is 1.71 bits per heavy atom. The smallest absolute Gasteiger partial charge is 0.325 e. The monoisotopic (exact) mass is 415 g/mol. The van der Waals surface area contributed by atoms with Crippen LogP contribution in [-0.2, 0) is 21.0 Å². The van der Waals surface area contributed by atoms with Crippen LogP contribution in [0.3, 0.4) is 0 Å². The molecule has 1 amide bonds. The summed E-state index contributed by atoms with van der Waals surface area (Å²) >= 11 is 0. The van der Waals surface area contributed by atoms with Crippen molar-refractivity contribution in [2.45, 2.75) is 23.3 Å². The molecule has 150 valence electrons. The molecule has 1 heterocycles. The second-order valence-corrected chi connectivity index (χ2v) is 7.59. The molecule has 1 aliphatic heterocycles. The Labute approximate surface area is 158 Å². The van der Waals surface area contributed by atoms with Crippen LogP contribution >= 0.6 is 0 Å². The third-order valence-electron chi connectivity index (χ3n) is 3.86. The van der Waals surface area contributed by atoms with Gasteiger partial charge in [0, 0.05) is 5.69 Å². The first-order valence-electron chi connectivity index (χ1n) is 7.98. The van der Waals surface area contributed by atoms with Crippen LogP contribution in [0.4, 0.5) is 18.9 Å². The lowest BCUT2D eigenvalue weighted by atomic mass is 10.1. The minimum absolute atomic E-state index is 0.000682. The first kappa shape index (κ1) is 20.2. The van der Waals surface area contributed by atoms with Gasteiger partial charge in [-0.1, -0.05) is 24.3 Å². The SMILES string of the molecule is O=C(Nc1cccc(C(F)(F)F)c1)C1NNNC1NS(=O)(=O)c1ccccc1. The van der Waals surface area contributed by atoms with E-state index in [1.165, 1.54) is 18.2 Å². The van der Waals surface area contributed by atoms with Gasteiger partial charge in [0.25, 0.3) is 0 Å². The molecule has 2 atom stereocenters. The quantitative estimate of drug-likeness (QED) is 0.497. The lowest BCUT2D eigenvalue weighted by Gasteiger charge is -2.19. The summed E-state index contributed by atoms with van der Waals surface area (Å²) in [6.45, 7) is 0. The first-order valence-corrected chi connectivity index (χ1v) is 9.47.